The van der Waals surface area contributed by atoms with E-state index >= 15 is 0 Å². The Kier molecular flexibility index (Phi) is 3.54. The molecule has 0 aliphatic carbocycles. The maximum absolute atomic E-state index is 4.40. The predicted molar refractivity (Wildman–Crippen MR) is 67.6 cm³/mol. The molecule has 0 aliphatic heterocycles. The maximum atomic E-state index is 4.40. The van der Waals surface area contributed by atoms with Crippen LogP contribution in [0, 0.1) is 0 Å². The van der Waals surface area contributed by atoms with Crippen molar-refractivity contribution in [2.45, 2.75) is 6.04 Å². The number of nitrogens with one attached hydrogen (secondary N) is 1. The first-order valence-electron chi connectivity index (χ1n) is 5.18. The Hall–Kier alpha value is -1.39. The normalized spacial score (nSPS) is 12.6. The molecular formula is C12H15N3S. The number of aromatic nitrogens is 2. The summed E-state index contributed by atoms with van der Waals surface area (Å²) < 4.78 is 2.04. The minimum atomic E-state index is 0.151. The van der Waals surface area contributed by atoms with Gasteiger partial charge in [-0.05, 0) is 11.4 Å². The average Bonchev–Trinajstić information content (AvgIpc) is 2.91. The highest BCUT2D eigenvalue weighted by atomic mass is 32.1. The second-order valence-corrected chi connectivity index (χ2v) is 4.52. The molecule has 1 atom stereocenters. The van der Waals surface area contributed by atoms with Gasteiger partial charge in [0.05, 0.1) is 0 Å². The van der Waals surface area contributed by atoms with E-state index < -0.39 is 0 Å². The van der Waals surface area contributed by atoms with Gasteiger partial charge in [-0.1, -0.05) is 12.1 Å². The Balaban J connectivity index is 2.28. The number of thiophene rings is 1. The van der Waals surface area contributed by atoms with Crippen molar-refractivity contribution in [1.29, 1.82) is 0 Å². The zero-order chi connectivity index (χ0) is 11.4. The van der Waals surface area contributed by atoms with Crippen LogP contribution in [0.15, 0.2) is 42.6 Å². The number of nitrogens with zero attached hydrogens (tertiary/aromatic N) is 2. The molecule has 3 nitrogen and oxygen atoms in total. The molecule has 0 amide bonds. The van der Waals surface area contributed by atoms with Gasteiger partial charge >= 0.3 is 0 Å². The number of imidazole rings is 1. The molecule has 0 saturated carbocycles. The van der Waals surface area contributed by atoms with E-state index in [9.17, 15) is 0 Å². The Bertz CT molecular complexity index is 445. The lowest BCUT2D eigenvalue weighted by Gasteiger charge is -2.16. The summed E-state index contributed by atoms with van der Waals surface area (Å²) in [7, 11) is 2.01. The molecule has 2 aromatic heterocycles. The molecule has 0 aromatic carbocycles. The van der Waals surface area contributed by atoms with Gasteiger partial charge < -0.3 is 4.57 Å². The van der Waals surface area contributed by atoms with Gasteiger partial charge in [0.25, 0.3) is 0 Å². The predicted octanol–water partition coefficient (Wildman–Crippen LogP) is 2.35. The summed E-state index contributed by atoms with van der Waals surface area (Å²) >= 11 is 1.74. The third-order valence-corrected chi connectivity index (χ3v) is 3.35. The van der Waals surface area contributed by atoms with Gasteiger partial charge in [-0.2, -0.15) is 0 Å². The van der Waals surface area contributed by atoms with Crippen molar-refractivity contribution in [3.63, 3.8) is 0 Å². The SMILES string of the molecule is C=CCNC(c1cccs1)c1nccn1C. The molecule has 84 valence electrons. The fourth-order valence-electron chi connectivity index (χ4n) is 1.63. The van der Waals surface area contributed by atoms with E-state index in [0.717, 1.165) is 12.4 Å². The van der Waals surface area contributed by atoms with Crippen molar-refractivity contribution < 1.29 is 0 Å². The van der Waals surface area contributed by atoms with Crippen molar-refractivity contribution >= 4 is 11.3 Å². The summed E-state index contributed by atoms with van der Waals surface area (Å²) in [5, 5.41) is 5.51. The molecule has 0 fully saturated rings. The van der Waals surface area contributed by atoms with Crippen LogP contribution in [0.3, 0.4) is 0 Å². The Morgan fingerprint density at radius 3 is 3.12 bits per heavy atom. The van der Waals surface area contributed by atoms with Crippen molar-refractivity contribution in [3.05, 3.63) is 53.3 Å². The number of rotatable bonds is 5. The van der Waals surface area contributed by atoms with E-state index in [1.54, 1.807) is 11.3 Å². The summed E-state index contributed by atoms with van der Waals surface area (Å²) in [5.41, 5.74) is 0. The third-order valence-electron chi connectivity index (χ3n) is 2.41. The van der Waals surface area contributed by atoms with Gasteiger partial charge in [-0.3, -0.25) is 5.32 Å². The van der Waals surface area contributed by atoms with E-state index in [-0.39, 0.29) is 6.04 Å². The van der Waals surface area contributed by atoms with Crippen LogP contribution < -0.4 is 5.32 Å². The van der Waals surface area contributed by atoms with Gasteiger partial charge in [-0.15, -0.1) is 17.9 Å². The third kappa shape index (κ3) is 2.23. The summed E-state index contributed by atoms with van der Waals surface area (Å²) in [6.07, 6.45) is 5.65. The molecule has 2 aromatic rings. The van der Waals surface area contributed by atoms with Crippen LogP contribution >= 0.6 is 11.3 Å². The van der Waals surface area contributed by atoms with Crippen LogP contribution in [0.4, 0.5) is 0 Å². The number of aryl methyl sites for hydroxylation is 1. The maximum Gasteiger partial charge on any atom is 0.131 e. The number of hydrogen-bond acceptors (Lipinski definition) is 3. The quantitative estimate of drug-likeness (QED) is 0.803. The summed E-state index contributed by atoms with van der Waals surface area (Å²) in [5.74, 6) is 1.03. The van der Waals surface area contributed by atoms with E-state index in [2.05, 4.69) is 34.4 Å². The molecule has 1 unspecified atom stereocenters. The molecule has 4 heteroatoms. The second kappa shape index (κ2) is 5.09. The minimum Gasteiger partial charge on any atom is -0.336 e. The van der Waals surface area contributed by atoms with Crippen molar-refractivity contribution in [2.24, 2.45) is 7.05 Å². The van der Waals surface area contributed by atoms with Crippen molar-refractivity contribution in [2.75, 3.05) is 6.54 Å². The minimum absolute atomic E-state index is 0.151. The van der Waals surface area contributed by atoms with Gasteiger partial charge in [0.15, 0.2) is 0 Å². The van der Waals surface area contributed by atoms with E-state index in [0.29, 0.717) is 0 Å². The smallest absolute Gasteiger partial charge is 0.131 e. The molecule has 2 heterocycles. The fourth-order valence-corrected chi connectivity index (χ4v) is 2.43. The van der Waals surface area contributed by atoms with Crippen molar-refractivity contribution in [1.82, 2.24) is 14.9 Å². The van der Waals surface area contributed by atoms with Crippen LogP contribution in [0.1, 0.15) is 16.7 Å². The first kappa shape index (κ1) is 11.1. The Labute approximate surface area is 99.5 Å². The van der Waals surface area contributed by atoms with Crippen molar-refractivity contribution in [3.8, 4) is 0 Å². The first-order chi connectivity index (χ1) is 7.83. The summed E-state index contributed by atoms with van der Waals surface area (Å²) in [4.78, 5) is 5.67. The molecule has 0 aliphatic rings. The molecule has 0 spiro atoms. The van der Waals surface area contributed by atoms with Gasteiger partial charge in [-0.25, -0.2) is 4.98 Å². The molecule has 2 rings (SSSR count). The zero-order valence-electron chi connectivity index (χ0n) is 9.26. The first-order valence-corrected chi connectivity index (χ1v) is 6.06. The van der Waals surface area contributed by atoms with Gasteiger partial charge in [0, 0.05) is 30.9 Å². The second-order valence-electron chi connectivity index (χ2n) is 3.54. The lowest BCUT2D eigenvalue weighted by molar-refractivity contribution is 0.600. The van der Waals surface area contributed by atoms with Crippen LogP contribution in [-0.2, 0) is 7.05 Å². The van der Waals surface area contributed by atoms with Gasteiger partial charge in [0.1, 0.15) is 11.9 Å². The Morgan fingerprint density at radius 1 is 1.69 bits per heavy atom. The van der Waals surface area contributed by atoms with Crippen LogP contribution in [0.5, 0.6) is 0 Å². The molecule has 16 heavy (non-hydrogen) atoms. The van der Waals surface area contributed by atoms with Crippen LogP contribution in [-0.4, -0.2) is 16.1 Å². The highest BCUT2D eigenvalue weighted by molar-refractivity contribution is 7.10. The Morgan fingerprint density at radius 2 is 2.56 bits per heavy atom. The standard InChI is InChI=1S/C12H15N3S/c1-3-6-13-11(10-5-4-9-16-10)12-14-7-8-15(12)2/h3-5,7-9,11,13H,1,6H2,2H3. The highest BCUT2D eigenvalue weighted by Crippen LogP contribution is 2.24. The van der Waals surface area contributed by atoms with Crippen LogP contribution in [0.25, 0.3) is 0 Å². The molecule has 0 saturated heterocycles. The topological polar surface area (TPSA) is 29.9 Å². The largest absolute Gasteiger partial charge is 0.336 e. The molecule has 1 N–H and O–H groups in total. The zero-order valence-corrected chi connectivity index (χ0v) is 10.1. The lowest BCUT2D eigenvalue weighted by Crippen LogP contribution is -2.24. The molecule has 0 radical (unpaired) electrons. The van der Waals surface area contributed by atoms with E-state index in [4.69, 9.17) is 0 Å². The number of hydrogen-bond donors (Lipinski definition) is 1. The fraction of sp³-hybridized carbons (Fsp3) is 0.250. The molecular weight excluding hydrogens is 218 g/mol. The van der Waals surface area contributed by atoms with E-state index in [1.807, 2.05) is 30.1 Å². The van der Waals surface area contributed by atoms with E-state index in [1.165, 1.54) is 4.88 Å². The van der Waals surface area contributed by atoms with Gasteiger partial charge in [0.2, 0.25) is 0 Å². The highest BCUT2D eigenvalue weighted by Gasteiger charge is 2.17. The lowest BCUT2D eigenvalue weighted by atomic mass is 10.2. The molecule has 0 bridgehead atoms. The average molecular weight is 233 g/mol. The summed E-state index contributed by atoms with van der Waals surface area (Å²) in [6.45, 7) is 4.50. The monoisotopic (exact) mass is 233 g/mol. The summed E-state index contributed by atoms with van der Waals surface area (Å²) in [6, 6.07) is 4.34. The van der Waals surface area contributed by atoms with Crippen LogP contribution in [0.2, 0.25) is 0 Å².